The molecule has 0 saturated carbocycles. The molecule has 0 bridgehead atoms. The first kappa shape index (κ1) is 19.1. The summed E-state index contributed by atoms with van der Waals surface area (Å²) in [6, 6.07) is 10.8. The minimum Gasteiger partial charge on any atom is -0.489 e. The molecule has 1 atom stereocenters. The third-order valence-electron chi connectivity index (χ3n) is 4.84. The van der Waals surface area contributed by atoms with Crippen molar-refractivity contribution in [2.45, 2.75) is 25.6 Å². The molecule has 1 unspecified atom stereocenters. The maximum atomic E-state index is 9.51. The van der Waals surface area contributed by atoms with Crippen molar-refractivity contribution in [2.24, 2.45) is 0 Å². The number of para-hydroxylation sites is 1. The predicted octanol–water partition coefficient (Wildman–Crippen LogP) is 3.38. The van der Waals surface area contributed by atoms with E-state index in [2.05, 4.69) is 45.3 Å². The fourth-order valence-corrected chi connectivity index (χ4v) is 4.17. The van der Waals surface area contributed by atoms with Gasteiger partial charge < -0.3 is 9.84 Å². The molecule has 1 N–H and O–H groups in total. The van der Waals surface area contributed by atoms with Gasteiger partial charge in [-0.3, -0.25) is 9.80 Å². The lowest BCUT2D eigenvalue weighted by Gasteiger charge is -2.41. The van der Waals surface area contributed by atoms with Gasteiger partial charge in [0.1, 0.15) is 12.4 Å². The summed E-state index contributed by atoms with van der Waals surface area (Å²) in [4.78, 5) is 4.98. The molecule has 5 heteroatoms. The van der Waals surface area contributed by atoms with Crippen LogP contribution in [0.5, 0.6) is 5.75 Å². The Balaban J connectivity index is 1.63. The van der Waals surface area contributed by atoms with E-state index < -0.39 is 0 Å². The Morgan fingerprint density at radius 1 is 1.23 bits per heavy atom. The minimum atomic E-state index is 0.234. The van der Waals surface area contributed by atoms with Crippen LogP contribution in [0.25, 0.3) is 0 Å². The van der Waals surface area contributed by atoms with E-state index >= 15 is 0 Å². The molecule has 0 radical (unpaired) electrons. The van der Waals surface area contributed by atoms with Gasteiger partial charge in [0, 0.05) is 50.9 Å². The summed E-state index contributed by atoms with van der Waals surface area (Å²) in [6.07, 6.45) is 2.59. The number of hydrogen-bond acceptors (Lipinski definition) is 5. The summed E-state index contributed by atoms with van der Waals surface area (Å²) in [5.41, 5.74) is 2.58. The molecule has 4 nitrogen and oxygen atoms in total. The lowest BCUT2D eigenvalue weighted by molar-refractivity contribution is 0.0496. The monoisotopic (exact) mass is 372 g/mol. The SMILES string of the molecule is C=CCOc1ccccc1CN1CCN(Cc2ccsc2)C(CCO)C1. The lowest BCUT2D eigenvalue weighted by Crippen LogP contribution is -2.52. The van der Waals surface area contributed by atoms with E-state index in [1.165, 1.54) is 11.1 Å². The summed E-state index contributed by atoms with van der Waals surface area (Å²) in [6.45, 7) is 9.36. The Kier molecular flexibility index (Phi) is 7.26. The van der Waals surface area contributed by atoms with Crippen LogP contribution >= 0.6 is 11.3 Å². The van der Waals surface area contributed by atoms with Crippen LogP contribution < -0.4 is 4.74 Å². The highest BCUT2D eigenvalue weighted by Crippen LogP contribution is 2.23. The van der Waals surface area contributed by atoms with E-state index in [4.69, 9.17) is 4.74 Å². The van der Waals surface area contributed by atoms with Crippen LogP contribution in [-0.4, -0.2) is 53.8 Å². The predicted molar refractivity (Wildman–Crippen MR) is 108 cm³/mol. The average molecular weight is 373 g/mol. The number of ether oxygens (including phenoxy) is 1. The van der Waals surface area contributed by atoms with Crippen molar-refractivity contribution in [3.05, 3.63) is 64.9 Å². The van der Waals surface area contributed by atoms with E-state index in [0.717, 1.165) is 44.9 Å². The quantitative estimate of drug-likeness (QED) is 0.685. The highest BCUT2D eigenvalue weighted by atomic mass is 32.1. The number of nitrogens with zero attached hydrogens (tertiary/aromatic N) is 2. The Morgan fingerprint density at radius 3 is 2.88 bits per heavy atom. The van der Waals surface area contributed by atoms with Crippen molar-refractivity contribution in [2.75, 3.05) is 32.8 Å². The number of benzene rings is 1. The van der Waals surface area contributed by atoms with Gasteiger partial charge in [-0.15, -0.1) is 0 Å². The summed E-state index contributed by atoms with van der Waals surface area (Å²) in [5, 5.41) is 13.9. The summed E-state index contributed by atoms with van der Waals surface area (Å²) < 4.78 is 5.80. The van der Waals surface area contributed by atoms with Crippen molar-refractivity contribution in [3.63, 3.8) is 0 Å². The van der Waals surface area contributed by atoms with Crippen molar-refractivity contribution in [3.8, 4) is 5.75 Å². The molecule has 1 aliphatic heterocycles. The van der Waals surface area contributed by atoms with Crippen LogP contribution in [0.15, 0.2) is 53.7 Å². The van der Waals surface area contributed by atoms with Gasteiger partial charge in [0.05, 0.1) is 0 Å². The number of aliphatic hydroxyl groups is 1. The fourth-order valence-electron chi connectivity index (χ4n) is 3.51. The summed E-state index contributed by atoms with van der Waals surface area (Å²) in [7, 11) is 0. The van der Waals surface area contributed by atoms with Gasteiger partial charge >= 0.3 is 0 Å². The number of hydrogen-bond donors (Lipinski definition) is 1. The normalized spacial score (nSPS) is 18.7. The van der Waals surface area contributed by atoms with Gasteiger partial charge in [0.2, 0.25) is 0 Å². The van der Waals surface area contributed by atoms with Crippen LogP contribution in [0.2, 0.25) is 0 Å². The molecule has 140 valence electrons. The highest BCUT2D eigenvalue weighted by Gasteiger charge is 2.27. The highest BCUT2D eigenvalue weighted by molar-refractivity contribution is 7.07. The van der Waals surface area contributed by atoms with Crippen molar-refractivity contribution in [1.82, 2.24) is 9.80 Å². The Morgan fingerprint density at radius 2 is 2.12 bits per heavy atom. The second-order valence-corrected chi connectivity index (χ2v) is 7.49. The molecule has 0 amide bonds. The third-order valence-corrected chi connectivity index (χ3v) is 5.57. The Hall–Kier alpha value is -1.66. The van der Waals surface area contributed by atoms with E-state index in [1.54, 1.807) is 17.4 Å². The molecule has 2 heterocycles. The van der Waals surface area contributed by atoms with Gasteiger partial charge in [0.25, 0.3) is 0 Å². The molecule has 0 spiro atoms. The molecule has 1 aromatic carbocycles. The first-order chi connectivity index (χ1) is 12.8. The molecule has 1 saturated heterocycles. The minimum absolute atomic E-state index is 0.234. The topological polar surface area (TPSA) is 35.9 Å². The van der Waals surface area contributed by atoms with Crippen LogP contribution in [0, 0.1) is 0 Å². The molecule has 0 aliphatic carbocycles. The zero-order valence-corrected chi connectivity index (χ0v) is 16.0. The fraction of sp³-hybridized carbons (Fsp3) is 0.429. The van der Waals surface area contributed by atoms with Gasteiger partial charge in [-0.1, -0.05) is 30.9 Å². The Labute approximate surface area is 160 Å². The van der Waals surface area contributed by atoms with Crippen molar-refractivity contribution >= 4 is 11.3 Å². The van der Waals surface area contributed by atoms with Gasteiger partial charge in [0.15, 0.2) is 0 Å². The van der Waals surface area contributed by atoms with E-state index in [-0.39, 0.29) is 6.61 Å². The first-order valence-electron chi connectivity index (χ1n) is 9.20. The van der Waals surface area contributed by atoms with Gasteiger partial charge in [-0.05, 0) is 34.9 Å². The lowest BCUT2D eigenvalue weighted by atomic mass is 10.1. The molecule has 1 aliphatic rings. The van der Waals surface area contributed by atoms with Crippen molar-refractivity contribution < 1.29 is 9.84 Å². The maximum absolute atomic E-state index is 9.51. The number of rotatable bonds is 9. The number of thiophene rings is 1. The zero-order valence-electron chi connectivity index (χ0n) is 15.2. The molecule has 26 heavy (non-hydrogen) atoms. The zero-order chi connectivity index (χ0) is 18.2. The standard InChI is InChI=1S/C21H28N2O2S/c1-2-12-25-21-6-4-3-5-19(21)15-22-9-10-23(20(16-22)7-11-24)14-18-8-13-26-17-18/h2-6,8,13,17,20,24H,1,7,9-12,14-16H2. The summed E-state index contributed by atoms with van der Waals surface area (Å²) in [5.74, 6) is 0.937. The van der Waals surface area contributed by atoms with E-state index in [1.807, 2.05) is 12.1 Å². The van der Waals surface area contributed by atoms with Crippen LogP contribution in [0.1, 0.15) is 17.5 Å². The molecule has 1 fully saturated rings. The molecule has 1 aromatic heterocycles. The van der Waals surface area contributed by atoms with Crippen LogP contribution in [0.3, 0.4) is 0 Å². The molecular formula is C21H28N2O2S. The molecular weight excluding hydrogens is 344 g/mol. The maximum Gasteiger partial charge on any atom is 0.124 e. The van der Waals surface area contributed by atoms with E-state index in [9.17, 15) is 5.11 Å². The van der Waals surface area contributed by atoms with Gasteiger partial charge in [-0.25, -0.2) is 0 Å². The first-order valence-corrected chi connectivity index (χ1v) is 10.1. The number of aliphatic hydroxyl groups excluding tert-OH is 1. The average Bonchev–Trinajstić information content (AvgIpc) is 3.16. The van der Waals surface area contributed by atoms with Crippen molar-refractivity contribution in [1.29, 1.82) is 0 Å². The molecule has 3 rings (SSSR count). The van der Waals surface area contributed by atoms with Crippen LogP contribution in [0.4, 0.5) is 0 Å². The van der Waals surface area contributed by atoms with Crippen LogP contribution in [-0.2, 0) is 13.1 Å². The smallest absolute Gasteiger partial charge is 0.124 e. The Bertz CT molecular complexity index is 674. The summed E-state index contributed by atoms with van der Waals surface area (Å²) >= 11 is 1.75. The molecule has 2 aromatic rings. The largest absolute Gasteiger partial charge is 0.489 e. The third kappa shape index (κ3) is 5.17. The second-order valence-electron chi connectivity index (χ2n) is 6.71. The number of piperazine rings is 1. The second kappa shape index (κ2) is 9.88. The van der Waals surface area contributed by atoms with Gasteiger partial charge in [-0.2, -0.15) is 11.3 Å². The van der Waals surface area contributed by atoms with E-state index in [0.29, 0.717) is 12.6 Å².